The summed E-state index contributed by atoms with van der Waals surface area (Å²) in [6.45, 7) is 8.68. The summed E-state index contributed by atoms with van der Waals surface area (Å²) in [6.07, 6.45) is 0. The molecular formula is C14H22N2O3S. The van der Waals surface area contributed by atoms with Gasteiger partial charge in [-0.25, -0.2) is 8.42 Å². The monoisotopic (exact) mass is 298 g/mol. The number of ether oxygens (including phenoxy) is 1. The minimum absolute atomic E-state index is 0.257. The van der Waals surface area contributed by atoms with E-state index in [0.29, 0.717) is 25.4 Å². The lowest BCUT2D eigenvalue weighted by atomic mass is 10.1. The van der Waals surface area contributed by atoms with E-state index in [1.54, 1.807) is 12.1 Å². The molecule has 1 aliphatic heterocycles. The lowest BCUT2D eigenvalue weighted by Gasteiger charge is -2.40. The highest BCUT2D eigenvalue weighted by Crippen LogP contribution is 2.30. The van der Waals surface area contributed by atoms with Crippen molar-refractivity contribution in [3.8, 4) is 0 Å². The Hall–Kier alpha value is -1.11. The summed E-state index contributed by atoms with van der Waals surface area (Å²) in [5, 5.41) is 0. The number of aryl methyl sites for hydroxylation is 1. The third-order valence-electron chi connectivity index (χ3n) is 3.84. The van der Waals surface area contributed by atoms with Crippen molar-refractivity contribution in [1.82, 2.24) is 4.31 Å². The number of nitrogen functional groups attached to an aromatic ring is 1. The molecule has 0 spiro atoms. The smallest absolute Gasteiger partial charge is 0.243 e. The van der Waals surface area contributed by atoms with Gasteiger partial charge in [-0.2, -0.15) is 4.31 Å². The molecule has 20 heavy (non-hydrogen) atoms. The molecule has 1 heterocycles. The summed E-state index contributed by atoms with van der Waals surface area (Å²) >= 11 is 0. The predicted octanol–water partition coefficient (Wildman–Crippen LogP) is 1.69. The Bertz CT molecular complexity index is 600. The van der Waals surface area contributed by atoms with Crippen molar-refractivity contribution in [2.45, 2.75) is 38.1 Å². The van der Waals surface area contributed by atoms with Crippen LogP contribution in [0, 0.1) is 13.8 Å². The third-order valence-corrected chi connectivity index (χ3v) is 5.93. The highest BCUT2D eigenvalue weighted by Gasteiger charge is 2.39. The summed E-state index contributed by atoms with van der Waals surface area (Å²) in [7, 11) is -3.56. The van der Waals surface area contributed by atoms with Crippen LogP contribution >= 0.6 is 0 Å². The van der Waals surface area contributed by atoms with Gasteiger partial charge >= 0.3 is 0 Å². The first-order valence-electron chi connectivity index (χ1n) is 6.63. The summed E-state index contributed by atoms with van der Waals surface area (Å²) in [4.78, 5) is 0.257. The molecule has 1 saturated heterocycles. The molecule has 5 nitrogen and oxygen atoms in total. The van der Waals surface area contributed by atoms with Crippen LogP contribution in [0.4, 0.5) is 5.69 Å². The zero-order valence-electron chi connectivity index (χ0n) is 12.4. The van der Waals surface area contributed by atoms with Gasteiger partial charge in [-0.3, -0.25) is 0 Å². The highest BCUT2D eigenvalue weighted by molar-refractivity contribution is 7.89. The summed E-state index contributed by atoms with van der Waals surface area (Å²) in [6, 6.07) is 3.23. The lowest BCUT2D eigenvalue weighted by Crippen LogP contribution is -2.55. The Morgan fingerprint density at radius 1 is 1.30 bits per heavy atom. The third kappa shape index (κ3) is 2.55. The van der Waals surface area contributed by atoms with E-state index in [4.69, 9.17) is 10.5 Å². The van der Waals surface area contributed by atoms with Crippen molar-refractivity contribution in [3.63, 3.8) is 0 Å². The molecule has 0 radical (unpaired) electrons. The molecule has 0 aliphatic carbocycles. The second kappa shape index (κ2) is 5.02. The van der Waals surface area contributed by atoms with Gasteiger partial charge in [0.25, 0.3) is 0 Å². The molecular weight excluding hydrogens is 276 g/mol. The molecule has 0 saturated carbocycles. The topological polar surface area (TPSA) is 72.6 Å². The van der Waals surface area contributed by atoms with Gasteiger partial charge in [-0.15, -0.1) is 0 Å². The standard InChI is InChI=1S/C14H22N2O3S/c1-10-7-12(8-13(15)11(10)2)20(17,18)16-5-6-19-9-14(16,3)4/h7-8H,5-6,9,15H2,1-4H3. The zero-order valence-corrected chi connectivity index (χ0v) is 13.3. The molecule has 1 fully saturated rings. The average molecular weight is 298 g/mol. The van der Waals surface area contributed by atoms with E-state index < -0.39 is 15.6 Å². The van der Waals surface area contributed by atoms with Gasteiger partial charge in [0, 0.05) is 12.2 Å². The van der Waals surface area contributed by atoms with Crippen LogP contribution in [0.1, 0.15) is 25.0 Å². The van der Waals surface area contributed by atoms with Crippen LogP contribution in [0.2, 0.25) is 0 Å². The molecule has 2 N–H and O–H groups in total. The number of nitrogens with zero attached hydrogens (tertiary/aromatic N) is 1. The van der Waals surface area contributed by atoms with Gasteiger partial charge in [-0.1, -0.05) is 0 Å². The van der Waals surface area contributed by atoms with Crippen molar-refractivity contribution in [1.29, 1.82) is 0 Å². The average Bonchev–Trinajstić information content (AvgIpc) is 2.34. The first-order chi connectivity index (χ1) is 9.16. The maximum absolute atomic E-state index is 12.8. The molecule has 6 heteroatoms. The first kappa shape index (κ1) is 15.3. The summed E-state index contributed by atoms with van der Waals surface area (Å²) in [5.41, 5.74) is 7.67. The van der Waals surface area contributed by atoms with Crippen molar-refractivity contribution in [3.05, 3.63) is 23.3 Å². The molecule has 0 bridgehead atoms. The Balaban J connectivity index is 2.50. The second-order valence-electron chi connectivity index (χ2n) is 5.90. The van der Waals surface area contributed by atoms with Gasteiger partial charge in [0.1, 0.15) is 0 Å². The zero-order chi connectivity index (χ0) is 15.1. The Morgan fingerprint density at radius 2 is 1.95 bits per heavy atom. The second-order valence-corrected chi connectivity index (χ2v) is 7.76. The fraction of sp³-hybridized carbons (Fsp3) is 0.571. The minimum Gasteiger partial charge on any atom is -0.398 e. The lowest BCUT2D eigenvalue weighted by molar-refractivity contribution is -0.00770. The molecule has 0 aromatic heterocycles. The van der Waals surface area contributed by atoms with E-state index in [1.165, 1.54) is 4.31 Å². The molecule has 112 valence electrons. The van der Waals surface area contributed by atoms with Crippen molar-refractivity contribution in [2.75, 3.05) is 25.5 Å². The van der Waals surface area contributed by atoms with Crippen LogP contribution in [0.25, 0.3) is 0 Å². The van der Waals surface area contributed by atoms with Crippen LogP contribution in [-0.2, 0) is 14.8 Å². The highest BCUT2D eigenvalue weighted by atomic mass is 32.2. The first-order valence-corrected chi connectivity index (χ1v) is 8.07. The number of anilines is 1. The van der Waals surface area contributed by atoms with E-state index >= 15 is 0 Å². The Morgan fingerprint density at radius 3 is 2.50 bits per heavy atom. The van der Waals surface area contributed by atoms with Gasteiger partial charge < -0.3 is 10.5 Å². The molecule has 1 aliphatic rings. The quantitative estimate of drug-likeness (QED) is 0.843. The van der Waals surface area contributed by atoms with Gasteiger partial charge in [0.15, 0.2) is 0 Å². The van der Waals surface area contributed by atoms with Crippen LogP contribution in [0.5, 0.6) is 0 Å². The fourth-order valence-corrected chi connectivity index (χ4v) is 4.29. The maximum Gasteiger partial charge on any atom is 0.243 e. The van der Waals surface area contributed by atoms with Gasteiger partial charge in [0.2, 0.25) is 10.0 Å². The van der Waals surface area contributed by atoms with Crippen molar-refractivity contribution < 1.29 is 13.2 Å². The number of morpholine rings is 1. The van der Waals surface area contributed by atoms with Crippen LogP contribution < -0.4 is 5.73 Å². The number of hydrogen-bond donors (Lipinski definition) is 1. The molecule has 0 atom stereocenters. The van der Waals surface area contributed by atoms with Gasteiger partial charge in [-0.05, 0) is 51.0 Å². The molecule has 2 rings (SSSR count). The van der Waals surface area contributed by atoms with E-state index in [1.807, 2.05) is 27.7 Å². The van der Waals surface area contributed by atoms with Crippen molar-refractivity contribution in [2.24, 2.45) is 0 Å². The van der Waals surface area contributed by atoms with Crippen molar-refractivity contribution >= 4 is 15.7 Å². The number of hydrogen-bond acceptors (Lipinski definition) is 4. The summed E-state index contributed by atoms with van der Waals surface area (Å²) < 4.78 is 32.6. The molecule has 0 unspecified atom stereocenters. The molecule has 1 aromatic rings. The predicted molar refractivity (Wildman–Crippen MR) is 79.1 cm³/mol. The number of benzene rings is 1. The molecule has 1 aromatic carbocycles. The van der Waals surface area contributed by atoms with Gasteiger partial charge in [0.05, 0.1) is 23.6 Å². The van der Waals surface area contributed by atoms with Crippen LogP contribution in [-0.4, -0.2) is 38.0 Å². The maximum atomic E-state index is 12.8. The summed E-state index contributed by atoms with van der Waals surface area (Å²) in [5.74, 6) is 0. The molecule has 0 amide bonds. The normalized spacial score (nSPS) is 20.0. The number of sulfonamides is 1. The Kier molecular flexibility index (Phi) is 3.83. The van der Waals surface area contributed by atoms with E-state index in [-0.39, 0.29) is 4.90 Å². The number of nitrogens with two attached hydrogens (primary N) is 1. The van der Waals surface area contributed by atoms with E-state index in [2.05, 4.69) is 0 Å². The van der Waals surface area contributed by atoms with E-state index in [0.717, 1.165) is 11.1 Å². The van der Waals surface area contributed by atoms with Crippen LogP contribution in [0.15, 0.2) is 17.0 Å². The fourth-order valence-electron chi connectivity index (χ4n) is 2.42. The minimum atomic E-state index is -3.56. The van der Waals surface area contributed by atoms with Crippen LogP contribution in [0.3, 0.4) is 0 Å². The number of rotatable bonds is 2. The SMILES string of the molecule is Cc1cc(S(=O)(=O)N2CCOCC2(C)C)cc(N)c1C. The Labute approximate surface area is 120 Å². The largest absolute Gasteiger partial charge is 0.398 e. The van der Waals surface area contributed by atoms with E-state index in [9.17, 15) is 8.42 Å².